The average molecular weight is 207 g/mol. The van der Waals surface area contributed by atoms with Gasteiger partial charge in [0.15, 0.2) is 0 Å². The van der Waals surface area contributed by atoms with Crippen LogP contribution in [0.2, 0.25) is 0 Å². The lowest BCUT2D eigenvalue weighted by atomic mass is 10.1. The van der Waals surface area contributed by atoms with Crippen molar-refractivity contribution in [3.8, 4) is 0 Å². The molecular formula is C10H13N3S. The molecule has 0 N–H and O–H groups in total. The average Bonchev–Trinajstić information content (AvgIpc) is 2.57. The molecule has 1 aromatic heterocycles. The molecule has 0 radical (unpaired) electrons. The van der Waals surface area contributed by atoms with E-state index in [0.717, 1.165) is 35.1 Å². The van der Waals surface area contributed by atoms with E-state index in [-0.39, 0.29) is 0 Å². The van der Waals surface area contributed by atoms with E-state index >= 15 is 0 Å². The van der Waals surface area contributed by atoms with Crippen molar-refractivity contribution in [2.75, 3.05) is 5.75 Å². The first kappa shape index (κ1) is 9.65. The molecule has 0 amide bonds. The number of hydrogen-bond donors (Lipinski definition) is 0. The van der Waals surface area contributed by atoms with Crippen LogP contribution in [0, 0.1) is 0 Å². The minimum Gasteiger partial charge on any atom is -0.224 e. The van der Waals surface area contributed by atoms with Crippen molar-refractivity contribution >= 4 is 11.8 Å². The third-order valence-corrected chi connectivity index (χ3v) is 3.21. The van der Waals surface area contributed by atoms with Crippen LogP contribution in [0.1, 0.15) is 30.7 Å². The van der Waals surface area contributed by atoms with Crippen LogP contribution >= 0.6 is 11.8 Å². The summed E-state index contributed by atoms with van der Waals surface area (Å²) in [5.41, 5.74) is 2.23. The number of hydrogen-bond acceptors (Lipinski definition) is 4. The van der Waals surface area contributed by atoms with E-state index in [1.807, 2.05) is 6.08 Å². The lowest BCUT2D eigenvalue weighted by Gasteiger charge is -2.03. The SMILES string of the molecule is C=CCSc1nnc2c(n1)C(C)CC2. The zero-order valence-electron chi connectivity index (χ0n) is 8.23. The highest BCUT2D eigenvalue weighted by Crippen LogP contribution is 2.29. The fourth-order valence-corrected chi connectivity index (χ4v) is 2.13. The molecule has 3 nitrogen and oxygen atoms in total. The maximum atomic E-state index is 4.51. The molecule has 0 fully saturated rings. The van der Waals surface area contributed by atoms with Crippen molar-refractivity contribution in [2.45, 2.75) is 30.8 Å². The number of fused-ring (bicyclic) bond motifs is 1. The largest absolute Gasteiger partial charge is 0.224 e. The molecule has 1 unspecified atom stereocenters. The lowest BCUT2D eigenvalue weighted by molar-refractivity contribution is 0.717. The third-order valence-electron chi connectivity index (χ3n) is 2.38. The van der Waals surface area contributed by atoms with E-state index in [9.17, 15) is 0 Å². The van der Waals surface area contributed by atoms with E-state index in [4.69, 9.17) is 0 Å². The van der Waals surface area contributed by atoms with E-state index in [0.29, 0.717) is 5.92 Å². The van der Waals surface area contributed by atoms with Crippen molar-refractivity contribution in [2.24, 2.45) is 0 Å². The van der Waals surface area contributed by atoms with Gasteiger partial charge in [0, 0.05) is 11.7 Å². The Morgan fingerprint density at radius 2 is 2.43 bits per heavy atom. The van der Waals surface area contributed by atoms with Gasteiger partial charge in [-0.25, -0.2) is 4.98 Å². The molecule has 0 spiro atoms. The summed E-state index contributed by atoms with van der Waals surface area (Å²) in [5, 5.41) is 9.05. The van der Waals surface area contributed by atoms with Crippen LogP contribution in [-0.2, 0) is 6.42 Å². The first-order valence-electron chi connectivity index (χ1n) is 4.78. The van der Waals surface area contributed by atoms with Gasteiger partial charge in [0.2, 0.25) is 5.16 Å². The molecule has 2 rings (SSSR count). The van der Waals surface area contributed by atoms with Gasteiger partial charge in [-0.1, -0.05) is 24.8 Å². The third kappa shape index (κ3) is 1.80. The highest BCUT2D eigenvalue weighted by atomic mass is 32.2. The summed E-state index contributed by atoms with van der Waals surface area (Å²) in [5.74, 6) is 1.39. The summed E-state index contributed by atoms with van der Waals surface area (Å²) in [7, 11) is 0. The van der Waals surface area contributed by atoms with Gasteiger partial charge in [-0.3, -0.25) is 0 Å². The molecule has 4 heteroatoms. The number of nitrogens with zero attached hydrogens (tertiary/aromatic N) is 3. The van der Waals surface area contributed by atoms with E-state index in [2.05, 4.69) is 28.7 Å². The minimum absolute atomic E-state index is 0.545. The predicted octanol–water partition coefficient (Wildman–Crippen LogP) is 2.20. The fourth-order valence-electron chi connectivity index (χ4n) is 1.60. The molecule has 0 aromatic carbocycles. The van der Waals surface area contributed by atoms with Crippen LogP contribution in [0.5, 0.6) is 0 Å². The molecule has 0 saturated carbocycles. The van der Waals surface area contributed by atoms with Crippen LogP contribution in [0.3, 0.4) is 0 Å². The maximum Gasteiger partial charge on any atom is 0.209 e. The summed E-state index contributed by atoms with van der Waals surface area (Å²) in [6.45, 7) is 5.86. The zero-order chi connectivity index (χ0) is 9.97. The second-order valence-corrected chi connectivity index (χ2v) is 4.45. The molecule has 1 atom stereocenters. The van der Waals surface area contributed by atoms with Gasteiger partial charge < -0.3 is 0 Å². The normalized spacial score (nSPS) is 19.4. The molecule has 1 aliphatic rings. The van der Waals surface area contributed by atoms with Crippen LogP contribution in [0.15, 0.2) is 17.8 Å². The van der Waals surface area contributed by atoms with Crippen molar-refractivity contribution in [3.63, 3.8) is 0 Å². The molecule has 1 heterocycles. The topological polar surface area (TPSA) is 38.7 Å². The van der Waals surface area contributed by atoms with E-state index in [1.54, 1.807) is 11.8 Å². The van der Waals surface area contributed by atoms with Gasteiger partial charge >= 0.3 is 0 Å². The Hall–Kier alpha value is -0.900. The van der Waals surface area contributed by atoms with Crippen molar-refractivity contribution < 1.29 is 0 Å². The van der Waals surface area contributed by atoms with Gasteiger partial charge in [-0.2, -0.15) is 5.10 Å². The van der Waals surface area contributed by atoms with Gasteiger partial charge in [-0.15, -0.1) is 11.7 Å². The Bertz CT molecular complexity index is 351. The number of aryl methyl sites for hydroxylation is 1. The number of aromatic nitrogens is 3. The number of rotatable bonds is 3. The smallest absolute Gasteiger partial charge is 0.209 e. The standard InChI is InChI=1S/C10H13N3S/c1-3-6-14-10-11-9-7(2)4-5-8(9)12-13-10/h3,7H,1,4-6H2,2H3. The van der Waals surface area contributed by atoms with Gasteiger partial charge in [0.1, 0.15) is 0 Å². The molecule has 0 bridgehead atoms. The Morgan fingerprint density at radius 1 is 1.57 bits per heavy atom. The quantitative estimate of drug-likeness (QED) is 0.562. The number of thioether (sulfide) groups is 1. The predicted molar refractivity (Wildman–Crippen MR) is 57.5 cm³/mol. The second-order valence-electron chi connectivity index (χ2n) is 3.47. The Kier molecular flexibility index (Phi) is 2.82. The van der Waals surface area contributed by atoms with E-state index in [1.165, 1.54) is 0 Å². The maximum absolute atomic E-state index is 4.51. The van der Waals surface area contributed by atoms with Crippen molar-refractivity contribution in [3.05, 3.63) is 24.0 Å². The monoisotopic (exact) mass is 207 g/mol. The molecule has 1 aromatic rings. The first-order chi connectivity index (χ1) is 6.81. The minimum atomic E-state index is 0.545. The summed E-state index contributed by atoms with van der Waals surface area (Å²) in [6.07, 6.45) is 4.04. The molecule has 0 aliphatic heterocycles. The Morgan fingerprint density at radius 3 is 3.21 bits per heavy atom. The van der Waals surface area contributed by atoms with Crippen LogP contribution in [0.4, 0.5) is 0 Å². The summed E-state index contributed by atoms with van der Waals surface area (Å²) >= 11 is 1.59. The highest BCUT2D eigenvalue weighted by Gasteiger charge is 2.22. The Labute approximate surface area is 88.0 Å². The van der Waals surface area contributed by atoms with Crippen molar-refractivity contribution in [1.82, 2.24) is 15.2 Å². The van der Waals surface area contributed by atoms with Gasteiger partial charge in [-0.05, 0) is 12.8 Å². The van der Waals surface area contributed by atoms with E-state index < -0.39 is 0 Å². The molecule has 74 valence electrons. The molecular weight excluding hydrogens is 194 g/mol. The molecule has 1 aliphatic carbocycles. The van der Waals surface area contributed by atoms with Crippen LogP contribution < -0.4 is 0 Å². The Balaban J connectivity index is 2.21. The van der Waals surface area contributed by atoms with Crippen molar-refractivity contribution in [1.29, 1.82) is 0 Å². The van der Waals surface area contributed by atoms with Gasteiger partial charge in [0.05, 0.1) is 11.4 Å². The lowest BCUT2D eigenvalue weighted by Crippen LogP contribution is -2.00. The second kappa shape index (κ2) is 4.09. The molecule has 0 saturated heterocycles. The van der Waals surface area contributed by atoms with Gasteiger partial charge in [0.25, 0.3) is 0 Å². The zero-order valence-corrected chi connectivity index (χ0v) is 9.05. The first-order valence-corrected chi connectivity index (χ1v) is 5.77. The fraction of sp³-hybridized carbons (Fsp3) is 0.500. The molecule has 14 heavy (non-hydrogen) atoms. The van der Waals surface area contributed by atoms with Crippen LogP contribution in [0.25, 0.3) is 0 Å². The summed E-state index contributed by atoms with van der Waals surface area (Å²) < 4.78 is 0. The van der Waals surface area contributed by atoms with Crippen LogP contribution in [-0.4, -0.2) is 20.9 Å². The summed E-state index contributed by atoms with van der Waals surface area (Å²) in [6, 6.07) is 0. The summed E-state index contributed by atoms with van der Waals surface area (Å²) in [4.78, 5) is 4.51. The highest BCUT2D eigenvalue weighted by molar-refractivity contribution is 7.99.